The van der Waals surface area contributed by atoms with E-state index in [0.29, 0.717) is 17.5 Å². The van der Waals surface area contributed by atoms with Crippen LogP contribution in [0.4, 0.5) is 9.59 Å². The molecule has 1 unspecified atom stereocenters. The predicted molar refractivity (Wildman–Crippen MR) is 184 cm³/mol. The van der Waals surface area contributed by atoms with Crippen LogP contribution < -0.4 is 16.0 Å². The third-order valence-corrected chi connectivity index (χ3v) is 7.94. The summed E-state index contributed by atoms with van der Waals surface area (Å²) in [5, 5.41) is 25.8. The lowest BCUT2D eigenvalue weighted by Gasteiger charge is -2.29. The number of likely N-dealkylation sites (tertiary alicyclic amines) is 1. The molecule has 1 aliphatic heterocycles. The minimum atomic E-state index is -1.13. The Morgan fingerprint density at radius 2 is 1.50 bits per heavy atom. The number of aliphatic carboxylic acids is 1. The highest BCUT2D eigenvalue weighted by molar-refractivity contribution is 6.04. The number of alkyl carbamates (subject to hydrolysis) is 2. The molecule has 13 nitrogen and oxygen atoms in total. The van der Waals surface area contributed by atoms with E-state index in [-0.39, 0.29) is 38.4 Å². The van der Waals surface area contributed by atoms with Crippen LogP contribution in [0.1, 0.15) is 55.9 Å². The molecule has 5 N–H and O–H groups in total. The average Bonchev–Trinajstić information content (AvgIpc) is 3.54. The summed E-state index contributed by atoms with van der Waals surface area (Å²) in [5.41, 5.74) is 2.01. The van der Waals surface area contributed by atoms with E-state index < -0.39 is 53.6 Å². The minimum absolute atomic E-state index is 0.0584. The second kappa shape index (κ2) is 17.1. The van der Waals surface area contributed by atoms with Crippen LogP contribution in [0.2, 0.25) is 0 Å². The zero-order chi connectivity index (χ0) is 36.3. The van der Waals surface area contributed by atoms with Crippen molar-refractivity contribution in [2.24, 2.45) is 5.92 Å². The first-order chi connectivity index (χ1) is 23.8. The largest absolute Gasteiger partial charge is 0.481 e. The zero-order valence-corrected chi connectivity index (χ0v) is 28.3. The average molecular weight is 686 g/mol. The van der Waals surface area contributed by atoms with E-state index in [9.17, 15) is 29.1 Å². The lowest BCUT2D eigenvalue weighted by molar-refractivity contribution is -0.142. The number of carbonyl (C=O) groups excluding carboxylic acids is 4. The van der Waals surface area contributed by atoms with Crippen LogP contribution in [0.3, 0.4) is 0 Å². The van der Waals surface area contributed by atoms with E-state index in [2.05, 4.69) is 16.0 Å². The van der Waals surface area contributed by atoms with Crippen molar-refractivity contribution in [3.05, 3.63) is 107 Å². The van der Waals surface area contributed by atoms with Gasteiger partial charge in [0.1, 0.15) is 30.1 Å². The van der Waals surface area contributed by atoms with Crippen molar-refractivity contribution in [3.63, 3.8) is 0 Å². The van der Waals surface area contributed by atoms with Gasteiger partial charge < -0.3 is 30.1 Å². The molecule has 50 heavy (non-hydrogen) atoms. The smallest absolute Gasteiger partial charge is 0.413 e. The van der Waals surface area contributed by atoms with E-state index in [1.54, 1.807) is 45.0 Å². The standard InChI is InChI=1S/C37H43N5O8/c1-37(2,3)50-36(48)40-29(19-16-24-10-6-4-7-11-24)33(44)42-22-28(34(45)46)20-30(42)32(43)39-21-25-14-17-27(18-15-25)31(38)41-35(47)49-23-26-12-8-5-9-13-26/h4-15,17-18,28-30H,16,19-23H2,1-3H3,(H,39,43)(H,40,48)(H,45,46)(H2,38,41,47)/t28-,29?,30+/m1/s1. The number of aryl methyl sites for hydroxylation is 1. The van der Waals surface area contributed by atoms with Gasteiger partial charge in [0, 0.05) is 18.7 Å². The quantitative estimate of drug-likeness (QED) is 0.137. The van der Waals surface area contributed by atoms with Gasteiger partial charge in [0.15, 0.2) is 0 Å². The molecular formula is C37H43N5O8. The Morgan fingerprint density at radius 1 is 0.880 bits per heavy atom. The van der Waals surface area contributed by atoms with E-state index in [1.165, 1.54) is 4.90 Å². The number of rotatable bonds is 12. The molecule has 13 heteroatoms. The van der Waals surface area contributed by atoms with Gasteiger partial charge >= 0.3 is 18.2 Å². The molecule has 0 aromatic heterocycles. The fourth-order valence-electron chi connectivity index (χ4n) is 5.40. The number of hydrogen-bond donors (Lipinski definition) is 5. The lowest BCUT2D eigenvalue weighted by atomic mass is 10.0. The SMILES string of the molecule is CC(C)(C)OC(=O)NC(CCc1ccccc1)C(=O)N1C[C@H](C(=O)O)C[C@H]1C(=O)NCc1ccc(C(=N)NC(=O)OCc2ccccc2)cc1. The molecule has 0 bridgehead atoms. The maximum absolute atomic E-state index is 13.9. The molecule has 0 spiro atoms. The maximum atomic E-state index is 13.9. The molecule has 0 aliphatic carbocycles. The lowest BCUT2D eigenvalue weighted by Crippen LogP contribution is -2.54. The Morgan fingerprint density at radius 3 is 2.10 bits per heavy atom. The number of carboxylic acid groups (broad SMARTS) is 1. The summed E-state index contributed by atoms with van der Waals surface area (Å²) in [6.07, 6.45) is -1.01. The van der Waals surface area contributed by atoms with Crippen molar-refractivity contribution in [2.45, 2.75) is 70.9 Å². The third kappa shape index (κ3) is 11.2. The summed E-state index contributed by atoms with van der Waals surface area (Å²) in [7, 11) is 0. The molecule has 1 aliphatic rings. The van der Waals surface area contributed by atoms with Gasteiger partial charge in [0.2, 0.25) is 11.8 Å². The summed E-state index contributed by atoms with van der Waals surface area (Å²) in [6.45, 7) is 5.02. The summed E-state index contributed by atoms with van der Waals surface area (Å²) in [4.78, 5) is 65.5. The van der Waals surface area contributed by atoms with Crippen LogP contribution in [-0.2, 0) is 43.4 Å². The number of amidine groups is 1. The number of benzene rings is 3. The van der Waals surface area contributed by atoms with Crippen LogP contribution in [0, 0.1) is 11.3 Å². The van der Waals surface area contributed by atoms with Gasteiger partial charge in [-0.3, -0.25) is 25.1 Å². The molecule has 0 saturated carbocycles. The second-order valence-corrected chi connectivity index (χ2v) is 13.0. The van der Waals surface area contributed by atoms with E-state index in [0.717, 1.165) is 11.1 Å². The van der Waals surface area contributed by atoms with Crippen molar-refractivity contribution >= 4 is 35.8 Å². The molecule has 1 fully saturated rings. The second-order valence-electron chi connectivity index (χ2n) is 13.0. The topological polar surface area (TPSA) is 187 Å². The molecule has 4 amide bonds. The normalized spacial score (nSPS) is 16.1. The molecule has 4 rings (SSSR count). The highest BCUT2D eigenvalue weighted by Gasteiger charge is 2.44. The highest BCUT2D eigenvalue weighted by Crippen LogP contribution is 2.26. The molecule has 3 aromatic carbocycles. The van der Waals surface area contributed by atoms with Gasteiger partial charge in [-0.2, -0.15) is 0 Å². The fourth-order valence-corrected chi connectivity index (χ4v) is 5.40. The van der Waals surface area contributed by atoms with Gasteiger partial charge in [-0.15, -0.1) is 0 Å². The number of nitrogens with zero attached hydrogens (tertiary/aromatic N) is 1. The van der Waals surface area contributed by atoms with Crippen molar-refractivity contribution in [1.29, 1.82) is 5.41 Å². The maximum Gasteiger partial charge on any atom is 0.413 e. The van der Waals surface area contributed by atoms with Crippen molar-refractivity contribution in [1.82, 2.24) is 20.9 Å². The fraction of sp³-hybridized carbons (Fsp3) is 0.351. The molecule has 264 valence electrons. The summed E-state index contributed by atoms with van der Waals surface area (Å²) in [6, 6.07) is 22.9. The van der Waals surface area contributed by atoms with Crippen LogP contribution in [0.5, 0.6) is 0 Å². The van der Waals surface area contributed by atoms with Gasteiger partial charge in [-0.25, -0.2) is 9.59 Å². The van der Waals surface area contributed by atoms with Crippen molar-refractivity contribution < 1.29 is 38.6 Å². The first-order valence-corrected chi connectivity index (χ1v) is 16.3. The Hall–Kier alpha value is -5.72. The summed E-state index contributed by atoms with van der Waals surface area (Å²) < 4.78 is 10.6. The Kier molecular flexibility index (Phi) is 12.7. The monoisotopic (exact) mass is 685 g/mol. The highest BCUT2D eigenvalue weighted by atomic mass is 16.6. The van der Waals surface area contributed by atoms with Gasteiger partial charge in [-0.1, -0.05) is 84.9 Å². The molecule has 3 aromatic rings. The summed E-state index contributed by atoms with van der Waals surface area (Å²) >= 11 is 0. The van der Waals surface area contributed by atoms with Crippen LogP contribution >= 0.6 is 0 Å². The molecule has 1 saturated heterocycles. The Bertz CT molecular complexity index is 1660. The van der Waals surface area contributed by atoms with E-state index >= 15 is 0 Å². The number of carbonyl (C=O) groups is 5. The minimum Gasteiger partial charge on any atom is -0.481 e. The molecule has 1 heterocycles. The zero-order valence-electron chi connectivity index (χ0n) is 28.3. The van der Waals surface area contributed by atoms with Crippen molar-refractivity contribution in [3.8, 4) is 0 Å². The van der Waals surface area contributed by atoms with Crippen molar-refractivity contribution in [2.75, 3.05) is 6.54 Å². The molecule has 3 atom stereocenters. The number of carboxylic acids is 1. The van der Waals surface area contributed by atoms with Crippen LogP contribution in [-0.4, -0.2) is 70.0 Å². The third-order valence-electron chi connectivity index (χ3n) is 7.94. The van der Waals surface area contributed by atoms with Crippen LogP contribution in [0.15, 0.2) is 84.9 Å². The Labute approximate surface area is 290 Å². The Balaban J connectivity index is 1.38. The first-order valence-electron chi connectivity index (χ1n) is 16.3. The van der Waals surface area contributed by atoms with E-state index in [1.807, 2.05) is 60.7 Å². The van der Waals surface area contributed by atoms with Gasteiger partial charge in [0.25, 0.3) is 0 Å². The molecular weight excluding hydrogens is 642 g/mol. The van der Waals surface area contributed by atoms with Gasteiger partial charge in [0.05, 0.1) is 5.92 Å². The number of ether oxygens (including phenoxy) is 2. The number of nitrogens with one attached hydrogen (secondary N) is 4. The molecule has 0 radical (unpaired) electrons. The first kappa shape index (κ1) is 37.1. The number of amides is 4. The van der Waals surface area contributed by atoms with E-state index in [4.69, 9.17) is 14.9 Å². The summed E-state index contributed by atoms with van der Waals surface area (Å²) in [5.74, 6) is -3.38. The number of hydrogen-bond acceptors (Lipinski definition) is 8. The predicted octanol–water partition coefficient (Wildman–Crippen LogP) is 4.38. The van der Waals surface area contributed by atoms with Gasteiger partial charge in [-0.05, 0) is 56.7 Å². The van der Waals surface area contributed by atoms with Crippen LogP contribution in [0.25, 0.3) is 0 Å².